The predicted octanol–water partition coefficient (Wildman–Crippen LogP) is 2.75. The lowest BCUT2D eigenvalue weighted by molar-refractivity contribution is -0.131. The molecule has 1 aliphatic heterocycles. The molecule has 1 fully saturated rings. The number of aliphatic hydroxyl groups is 1. The summed E-state index contributed by atoms with van der Waals surface area (Å²) in [6.07, 6.45) is 2.51. The molecule has 1 aliphatic rings. The number of likely N-dealkylation sites (tertiary alicyclic amines) is 1. The molecule has 0 radical (unpaired) electrons. The zero-order valence-corrected chi connectivity index (χ0v) is 14.4. The molecule has 2 aromatic heterocycles. The van der Waals surface area contributed by atoms with Crippen LogP contribution < -0.4 is 0 Å². The number of thiophene rings is 1. The Morgan fingerprint density at radius 3 is 3.04 bits per heavy atom. The van der Waals surface area contributed by atoms with Crippen LogP contribution in [0.25, 0.3) is 0 Å². The lowest BCUT2D eigenvalue weighted by Crippen LogP contribution is -2.37. The molecular formula is C17H23N3O2S. The normalized spacial score (nSPS) is 19.3. The summed E-state index contributed by atoms with van der Waals surface area (Å²) in [4.78, 5) is 15.6. The standard InChI is InChI=1S/C17H23N3O2S/c1-11-14(12(2)19-18-11)10-17(22)20-7-3-5-13(20)9-15(21)16-6-4-8-23-16/h4,6,8,13,15,21H,3,5,7,9-10H2,1-2H3,(H,18,19)/t13-,15-/m0/s1. The first kappa shape index (κ1) is 16.2. The fourth-order valence-corrected chi connectivity index (χ4v) is 4.08. The molecule has 0 aromatic carbocycles. The van der Waals surface area contributed by atoms with E-state index in [9.17, 15) is 9.90 Å². The molecule has 0 spiro atoms. The van der Waals surface area contributed by atoms with Crippen LogP contribution >= 0.6 is 11.3 Å². The molecule has 6 heteroatoms. The smallest absolute Gasteiger partial charge is 0.227 e. The second kappa shape index (κ2) is 6.84. The van der Waals surface area contributed by atoms with Gasteiger partial charge in [0.05, 0.1) is 18.2 Å². The van der Waals surface area contributed by atoms with E-state index in [4.69, 9.17) is 0 Å². The molecule has 2 N–H and O–H groups in total. The van der Waals surface area contributed by atoms with Crippen molar-refractivity contribution in [3.8, 4) is 0 Å². The van der Waals surface area contributed by atoms with Gasteiger partial charge in [-0.1, -0.05) is 6.07 Å². The average Bonchev–Trinajstić information content (AvgIpc) is 3.25. The Kier molecular flexibility index (Phi) is 4.82. The van der Waals surface area contributed by atoms with Crippen LogP contribution in [-0.2, 0) is 11.2 Å². The van der Waals surface area contributed by atoms with E-state index in [1.54, 1.807) is 11.3 Å². The van der Waals surface area contributed by atoms with E-state index in [1.807, 2.05) is 36.3 Å². The van der Waals surface area contributed by atoms with Crippen LogP contribution in [0.2, 0.25) is 0 Å². The number of rotatable bonds is 5. The summed E-state index contributed by atoms with van der Waals surface area (Å²) in [7, 11) is 0. The van der Waals surface area contributed by atoms with Gasteiger partial charge >= 0.3 is 0 Å². The van der Waals surface area contributed by atoms with Crippen LogP contribution in [0.5, 0.6) is 0 Å². The average molecular weight is 333 g/mol. The van der Waals surface area contributed by atoms with Crippen LogP contribution in [0.4, 0.5) is 0 Å². The van der Waals surface area contributed by atoms with Crippen molar-refractivity contribution in [3.05, 3.63) is 39.3 Å². The first-order valence-corrected chi connectivity index (χ1v) is 8.95. The van der Waals surface area contributed by atoms with E-state index >= 15 is 0 Å². The van der Waals surface area contributed by atoms with Crippen molar-refractivity contribution in [1.29, 1.82) is 0 Å². The van der Waals surface area contributed by atoms with E-state index in [1.165, 1.54) is 0 Å². The van der Waals surface area contributed by atoms with Crippen molar-refractivity contribution >= 4 is 17.2 Å². The number of aliphatic hydroxyl groups excluding tert-OH is 1. The van der Waals surface area contributed by atoms with Gasteiger partial charge in [-0.2, -0.15) is 5.10 Å². The Labute approximate surface area is 140 Å². The number of aromatic nitrogens is 2. The van der Waals surface area contributed by atoms with Crippen LogP contribution in [0.15, 0.2) is 17.5 Å². The topological polar surface area (TPSA) is 69.2 Å². The SMILES string of the molecule is Cc1n[nH]c(C)c1CC(=O)N1CCC[C@H]1C[C@H](O)c1cccs1. The molecule has 0 unspecified atom stereocenters. The summed E-state index contributed by atoms with van der Waals surface area (Å²) in [6.45, 7) is 4.66. The van der Waals surface area contributed by atoms with Crippen molar-refractivity contribution in [2.24, 2.45) is 0 Å². The van der Waals surface area contributed by atoms with Gasteiger partial charge in [0.15, 0.2) is 0 Å². The summed E-state index contributed by atoms with van der Waals surface area (Å²) in [5.41, 5.74) is 2.86. The molecule has 124 valence electrons. The number of hydrogen-bond acceptors (Lipinski definition) is 4. The fourth-order valence-electron chi connectivity index (χ4n) is 3.35. The lowest BCUT2D eigenvalue weighted by Gasteiger charge is -2.26. The van der Waals surface area contributed by atoms with Crippen molar-refractivity contribution in [2.75, 3.05) is 6.54 Å². The highest BCUT2D eigenvalue weighted by molar-refractivity contribution is 7.10. The van der Waals surface area contributed by atoms with Gasteiger partial charge in [0, 0.05) is 28.7 Å². The van der Waals surface area contributed by atoms with Crippen LogP contribution in [0.1, 0.15) is 47.2 Å². The van der Waals surface area contributed by atoms with Gasteiger partial charge in [-0.05, 0) is 44.6 Å². The maximum atomic E-state index is 12.7. The van der Waals surface area contributed by atoms with Crippen molar-refractivity contribution in [2.45, 2.75) is 51.7 Å². The number of aromatic amines is 1. The Bertz CT molecular complexity index is 646. The molecule has 2 atom stereocenters. The molecule has 3 heterocycles. The zero-order chi connectivity index (χ0) is 16.4. The van der Waals surface area contributed by atoms with Crippen LogP contribution in [0, 0.1) is 13.8 Å². The lowest BCUT2D eigenvalue weighted by atomic mass is 10.0. The van der Waals surface area contributed by atoms with Gasteiger partial charge < -0.3 is 10.0 Å². The highest BCUT2D eigenvalue weighted by atomic mass is 32.1. The number of H-pyrrole nitrogens is 1. The summed E-state index contributed by atoms with van der Waals surface area (Å²) in [5.74, 6) is 0.137. The molecule has 0 aliphatic carbocycles. The molecule has 0 saturated carbocycles. The first-order valence-electron chi connectivity index (χ1n) is 8.07. The molecule has 5 nitrogen and oxygen atoms in total. The fraction of sp³-hybridized carbons (Fsp3) is 0.529. The molecule has 23 heavy (non-hydrogen) atoms. The van der Waals surface area contributed by atoms with Gasteiger partial charge in [0.25, 0.3) is 0 Å². The molecule has 2 aromatic rings. The van der Waals surface area contributed by atoms with Gasteiger partial charge in [0.1, 0.15) is 0 Å². The maximum Gasteiger partial charge on any atom is 0.227 e. The van der Waals surface area contributed by atoms with E-state index in [0.717, 1.165) is 41.2 Å². The maximum absolute atomic E-state index is 12.7. The largest absolute Gasteiger partial charge is 0.387 e. The van der Waals surface area contributed by atoms with Crippen molar-refractivity contribution in [1.82, 2.24) is 15.1 Å². The van der Waals surface area contributed by atoms with E-state index in [0.29, 0.717) is 12.8 Å². The summed E-state index contributed by atoms with van der Waals surface area (Å²) in [6, 6.07) is 4.03. The summed E-state index contributed by atoms with van der Waals surface area (Å²) in [5, 5.41) is 19.4. The third kappa shape index (κ3) is 3.48. The second-order valence-corrected chi connectivity index (χ2v) is 7.22. The van der Waals surface area contributed by atoms with Crippen molar-refractivity contribution in [3.63, 3.8) is 0 Å². The number of carbonyl (C=O) groups excluding carboxylic acids is 1. The zero-order valence-electron chi connectivity index (χ0n) is 13.6. The molecule has 3 rings (SSSR count). The highest BCUT2D eigenvalue weighted by Crippen LogP contribution is 2.30. The molecule has 1 saturated heterocycles. The van der Waals surface area contributed by atoms with Crippen molar-refractivity contribution < 1.29 is 9.90 Å². The summed E-state index contributed by atoms with van der Waals surface area (Å²) >= 11 is 1.57. The van der Waals surface area contributed by atoms with E-state index in [2.05, 4.69) is 10.2 Å². The minimum atomic E-state index is -0.481. The van der Waals surface area contributed by atoms with Gasteiger partial charge in [-0.3, -0.25) is 9.89 Å². The molecular weight excluding hydrogens is 310 g/mol. The predicted molar refractivity (Wildman–Crippen MR) is 90.4 cm³/mol. The Morgan fingerprint density at radius 2 is 2.39 bits per heavy atom. The van der Waals surface area contributed by atoms with E-state index < -0.39 is 6.10 Å². The number of hydrogen-bond donors (Lipinski definition) is 2. The van der Waals surface area contributed by atoms with Gasteiger partial charge in [-0.25, -0.2) is 0 Å². The minimum absolute atomic E-state index is 0.132. The second-order valence-electron chi connectivity index (χ2n) is 6.24. The van der Waals surface area contributed by atoms with Crippen LogP contribution in [-0.4, -0.2) is 38.7 Å². The summed E-state index contributed by atoms with van der Waals surface area (Å²) < 4.78 is 0. The molecule has 1 amide bonds. The number of amides is 1. The number of nitrogens with one attached hydrogen (secondary N) is 1. The van der Waals surface area contributed by atoms with Gasteiger partial charge in [-0.15, -0.1) is 11.3 Å². The van der Waals surface area contributed by atoms with E-state index in [-0.39, 0.29) is 11.9 Å². The third-order valence-corrected chi connectivity index (χ3v) is 5.65. The monoisotopic (exact) mass is 333 g/mol. The van der Waals surface area contributed by atoms with Gasteiger partial charge in [0.2, 0.25) is 5.91 Å². The Balaban J connectivity index is 1.65. The van der Waals surface area contributed by atoms with Crippen LogP contribution in [0.3, 0.4) is 0 Å². The first-order chi connectivity index (χ1) is 11.1. The highest BCUT2D eigenvalue weighted by Gasteiger charge is 2.31. The Morgan fingerprint density at radius 1 is 1.57 bits per heavy atom. The Hall–Kier alpha value is -1.66. The quantitative estimate of drug-likeness (QED) is 0.884. The number of nitrogens with zero attached hydrogens (tertiary/aromatic N) is 2. The number of aryl methyl sites for hydroxylation is 2. The minimum Gasteiger partial charge on any atom is -0.387 e. The number of carbonyl (C=O) groups is 1. The third-order valence-electron chi connectivity index (χ3n) is 4.67. The molecule has 0 bridgehead atoms.